The van der Waals surface area contributed by atoms with Crippen LogP contribution in [0.2, 0.25) is 0 Å². The van der Waals surface area contributed by atoms with Crippen molar-refractivity contribution < 1.29 is 9.47 Å². The quantitative estimate of drug-likeness (QED) is 0.664. The lowest BCUT2D eigenvalue weighted by Gasteiger charge is -2.41. The lowest BCUT2D eigenvalue weighted by molar-refractivity contribution is -0.0717. The van der Waals surface area contributed by atoms with Gasteiger partial charge in [-0.25, -0.2) is 0 Å². The highest BCUT2D eigenvalue weighted by molar-refractivity contribution is 7.96. The molecule has 0 amide bonds. The second-order valence-electron chi connectivity index (χ2n) is 8.88. The van der Waals surface area contributed by atoms with Gasteiger partial charge < -0.3 is 14.4 Å². The van der Waals surface area contributed by atoms with E-state index in [0.29, 0.717) is 12.1 Å². The van der Waals surface area contributed by atoms with E-state index < -0.39 is 0 Å². The number of piperidine rings is 1. The molecule has 2 heterocycles. The van der Waals surface area contributed by atoms with Crippen LogP contribution in [0, 0.1) is 11.8 Å². The fraction of sp³-hybridized carbons (Fsp3) is 0.739. The normalized spacial score (nSPS) is 32.2. The van der Waals surface area contributed by atoms with E-state index in [1.54, 1.807) is 11.9 Å². The van der Waals surface area contributed by atoms with Crippen LogP contribution in [0.5, 0.6) is 0 Å². The number of nitrogens with zero attached hydrogens (tertiary/aromatic N) is 1. The summed E-state index contributed by atoms with van der Waals surface area (Å²) in [6, 6.07) is 11.5. The molecule has 1 aliphatic carbocycles. The largest absolute Gasteiger partial charge is 0.381 e. The van der Waals surface area contributed by atoms with Gasteiger partial charge in [-0.1, -0.05) is 42.3 Å². The van der Waals surface area contributed by atoms with Gasteiger partial charge in [0.15, 0.2) is 0 Å². The number of hydrogen-bond donors (Lipinski definition) is 1. The van der Waals surface area contributed by atoms with Crippen LogP contribution >= 0.6 is 11.9 Å². The first-order valence-corrected chi connectivity index (χ1v) is 12.3. The van der Waals surface area contributed by atoms with Gasteiger partial charge >= 0.3 is 0 Å². The zero-order valence-electron chi connectivity index (χ0n) is 17.2. The van der Waals surface area contributed by atoms with Crippen LogP contribution in [0.3, 0.4) is 0 Å². The van der Waals surface area contributed by atoms with Crippen LogP contribution in [0.15, 0.2) is 30.3 Å². The maximum atomic E-state index is 6.54. The van der Waals surface area contributed by atoms with Crippen molar-refractivity contribution in [2.24, 2.45) is 11.8 Å². The van der Waals surface area contributed by atoms with Crippen molar-refractivity contribution in [3.8, 4) is 0 Å². The molecule has 1 aromatic rings. The van der Waals surface area contributed by atoms with Gasteiger partial charge in [-0.05, 0) is 62.3 Å². The Morgan fingerprint density at radius 3 is 2.54 bits per heavy atom. The van der Waals surface area contributed by atoms with Gasteiger partial charge in [-0.3, -0.25) is 4.72 Å². The van der Waals surface area contributed by atoms with Crippen molar-refractivity contribution in [3.63, 3.8) is 0 Å². The Morgan fingerprint density at radius 2 is 1.86 bits per heavy atom. The number of nitrogens with one attached hydrogen (secondary N) is 1. The number of benzene rings is 1. The molecule has 28 heavy (non-hydrogen) atoms. The van der Waals surface area contributed by atoms with Gasteiger partial charge in [0.05, 0.1) is 19.3 Å². The summed E-state index contributed by atoms with van der Waals surface area (Å²) in [5.41, 5.74) is 1.52. The van der Waals surface area contributed by atoms with Crippen molar-refractivity contribution in [1.29, 1.82) is 0 Å². The Balaban J connectivity index is 1.23. The molecular formula is C23H36N2O2S. The summed E-state index contributed by atoms with van der Waals surface area (Å²) in [7, 11) is 0. The summed E-state index contributed by atoms with van der Waals surface area (Å²) in [5.74, 6) is 2.21. The Bertz CT molecular complexity index is 575. The maximum Gasteiger partial charge on any atom is 0.0864 e. The van der Waals surface area contributed by atoms with Crippen molar-refractivity contribution in [2.75, 3.05) is 45.7 Å². The van der Waals surface area contributed by atoms with Crippen molar-refractivity contribution in [2.45, 2.75) is 50.2 Å². The van der Waals surface area contributed by atoms with E-state index in [9.17, 15) is 0 Å². The van der Waals surface area contributed by atoms with Gasteiger partial charge in [0.2, 0.25) is 0 Å². The smallest absolute Gasteiger partial charge is 0.0864 e. The Morgan fingerprint density at radius 1 is 1.07 bits per heavy atom. The summed E-state index contributed by atoms with van der Waals surface area (Å²) >= 11 is 1.73. The van der Waals surface area contributed by atoms with Crippen LogP contribution in [-0.2, 0) is 9.47 Å². The third-order valence-electron chi connectivity index (χ3n) is 6.80. The summed E-state index contributed by atoms with van der Waals surface area (Å²) < 4.78 is 15.5. The molecule has 2 unspecified atom stereocenters. The van der Waals surface area contributed by atoms with Gasteiger partial charge in [0.1, 0.15) is 0 Å². The fourth-order valence-corrected chi connectivity index (χ4v) is 5.58. The van der Waals surface area contributed by atoms with Crippen LogP contribution in [-0.4, -0.2) is 62.8 Å². The molecule has 5 heteroatoms. The number of hydrogen-bond acceptors (Lipinski definition) is 5. The van der Waals surface area contributed by atoms with E-state index in [-0.39, 0.29) is 0 Å². The third kappa shape index (κ3) is 5.51. The zero-order chi connectivity index (χ0) is 19.2. The molecule has 4 rings (SSSR count). The molecule has 0 aromatic heterocycles. The fourth-order valence-electron chi connectivity index (χ4n) is 5.00. The molecule has 2 saturated heterocycles. The van der Waals surface area contributed by atoms with Crippen LogP contribution in [0.1, 0.15) is 43.6 Å². The highest BCUT2D eigenvalue weighted by Gasteiger charge is 2.33. The summed E-state index contributed by atoms with van der Waals surface area (Å²) in [6.07, 6.45) is 8.84. The Labute approximate surface area is 174 Å². The molecule has 2 aliphatic heterocycles. The highest BCUT2D eigenvalue weighted by atomic mass is 32.2. The monoisotopic (exact) mass is 404 g/mol. The Kier molecular flexibility index (Phi) is 7.71. The molecule has 3 aliphatic rings. The summed E-state index contributed by atoms with van der Waals surface area (Å²) in [4.78, 5) is 2.60. The number of rotatable bonds is 8. The molecule has 0 spiro atoms. The minimum atomic E-state index is 0.314. The minimum Gasteiger partial charge on any atom is -0.381 e. The molecular weight excluding hydrogens is 368 g/mol. The van der Waals surface area contributed by atoms with E-state index in [1.807, 2.05) is 0 Å². The highest BCUT2D eigenvalue weighted by Crippen LogP contribution is 2.36. The van der Waals surface area contributed by atoms with E-state index in [4.69, 9.17) is 9.47 Å². The first-order chi connectivity index (χ1) is 13.8. The minimum absolute atomic E-state index is 0.314. The van der Waals surface area contributed by atoms with Crippen molar-refractivity contribution >= 4 is 11.9 Å². The van der Waals surface area contributed by atoms with Crippen LogP contribution < -0.4 is 4.72 Å². The van der Waals surface area contributed by atoms with Crippen LogP contribution in [0.25, 0.3) is 0 Å². The average molecular weight is 405 g/mol. The average Bonchev–Trinajstić information content (AvgIpc) is 2.72. The van der Waals surface area contributed by atoms with Gasteiger partial charge in [-0.2, -0.15) is 0 Å². The lowest BCUT2D eigenvalue weighted by atomic mass is 9.79. The van der Waals surface area contributed by atoms with Gasteiger partial charge in [-0.15, -0.1) is 0 Å². The first kappa shape index (κ1) is 20.7. The van der Waals surface area contributed by atoms with E-state index in [0.717, 1.165) is 44.1 Å². The first-order valence-electron chi connectivity index (χ1n) is 11.1. The van der Waals surface area contributed by atoms with Crippen molar-refractivity contribution in [3.05, 3.63) is 35.9 Å². The standard InChI is InChI=1S/C23H36N2O2S/c1-28-24-22-11-12-25(13-19-15-26-16-19)14-23(22)27-17-18-7-9-21(10-8-18)20-5-3-2-4-6-20/h2-6,18-19,21-24H,7-17H2,1H3. The molecule has 4 nitrogen and oxygen atoms in total. The molecule has 2 atom stereocenters. The topological polar surface area (TPSA) is 33.7 Å². The molecule has 0 radical (unpaired) electrons. The second-order valence-corrected chi connectivity index (χ2v) is 9.52. The zero-order valence-corrected chi connectivity index (χ0v) is 18.0. The van der Waals surface area contributed by atoms with E-state index >= 15 is 0 Å². The molecule has 0 bridgehead atoms. The van der Waals surface area contributed by atoms with E-state index in [1.165, 1.54) is 50.8 Å². The molecule has 3 fully saturated rings. The van der Waals surface area contributed by atoms with Crippen LogP contribution in [0.4, 0.5) is 0 Å². The molecule has 1 aromatic carbocycles. The predicted molar refractivity (Wildman–Crippen MR) is 117 cm³/mol. The Hall–Kier alpha value is -0.590. The van der Waals surface area contributed by atoms with Crippen molar-refractivity contribution in [1.82, 2.24) is 9.62 Å². The van der Waals surface area contributed by atoms with Gasteiger partial charge in [0.25, 0.3) is 0 Å². The number of likely N-dealkylation sites (tertiary alicyclic amines) is 1. The summed E-state index contributed by atoms with van der Waals surface area (Å²) in [6.45, 7) is 6.23. The molecule has 1 saturated carbocycles. The third-order valence-corrected chi connectivity index (χ3v) is 7.34. The second kappa shape index (κ2) is 10.4. The SMILES string of the molecule is CSNC1CCN(CC2COC2)CC1OCC1CCC(c2ccccc2)CC1. The number of ether oxygens (including phenoxy) is 2. The predicted octanol–water partition coefficient (Wildman–Crippen LogP) is 3.93. The molecule has 156 valence electrons. The van der Waals surface area contributed by atoms with Gasteiger partial charge in [0, 0.05) is 31.7 Å². The summed E-state index contributed by atoms with van der Waals surface area (Å²) in [5, 5.41) is 0. The van der Waals surface area contributed by atoms with E-state index in [2.05, 4.69) is 46.2 Å². The maximum absolute atomic E-state index is 6.54. The lowest BCUT2D eigenvalue weighted by Crippen LogP contribution is -2.54. The molecule has 1 N–H and O–H groups in total.